The van der Waals surface area contributed by atoms with Crippen LogP contribution in [0.2, 0.25) is 5.02 Å². The van der Waals surface area contributed by atoms with Crippen molar-refractivity contribution in [1.82, 2.24) is 9.91 Å². The Morgan fingerprint density at radius 3 is 2.69 bits per heavy atom. The third-order valence-corrected chi connectivity index (χ3v) is 5.60. The Morgan fingerprint density at radius 1 is 1.10 bits per heavy atom. The standard InChI is InChI=1S/C23H26ClN3O2/c1-28-13-12-27-16-21-22(25-27)10-11-26(15-17-4-3-5-20(14-17)29-2)23(21)18-6-8-19(24)9-7-18/h3-9,14H,10-13,15-16H2,1-2H3. The molecule has 0 bridgehead atoms. The summed E-state index contributed by atoms with van der Waals surface area (Å²) in [6.07, 6.45) is 0.944. The minimum Gasteiger partial charge on any atom is -0.497 e. The molecule has 0 saturated heterocycles. The molecule has 4 rings (SSSR count). The van der Waals surface area contributed by atoms with Gasteiger partial charge in [0.1, 0.15) is 5.75 Å². The van der Waals surface area contributed by atoms with Crippen molar-refractivity contribution in [2.75, 3.05) is 40.5 Å². The van der Waals surface area contributed by atoms with Crippen LogP contribution >= 0.6 is 11.6 Å². The minimum absolute atomic E-state index is 0.674. The lowest BCUT2D eigenvalue weighted by molar-refractivity contribution is 0.159. The molecule has 0 amide bonds. The van der Waals surface area contributed by atoms with E-state index in [1.807, 2.05) is 24.3 Å². The highest BCUT2D eigenvalue weighted by atomic mass is 35.5. The first-order valence-corrected chi connectivity index (χ1v) is 10.2. The highest BCUT2D eigenvalue weighted by Gasteiger charge is 2.31. The maximum atomic E-state index is 6.15. The van der Waals surface area contributed by atoms with Crippen molar-refractivity contribution in [2.24, 2.45) is 5.10 Å². The quantitative estimate of drug-likeness (QED) is 0.681. The van der Waals surface area contributed by atoms with Crippen molar-refractivity contribution < 1.29 is 9.47 Å². The van der Waals surface area contributed by atoms with Gasteiger partial charge in [-0.25, -0.2) is 0 Å². The molecule has 6 heteroatoms. The van der Waals surface area contributed by atoms with E-state index in [1.54, 1.807) is 14.2 Å². The number of hydrazone groups is 1. The van der Waals surface area contributed by atoms with Gasteiger partial charge >= 0.3 is 0 Å². The van der Waals surface area contributed by atoms with Gasteiger partial charge in [0.05, 0.1) is 38.2 Å². The second kappa shape index (κ2) is 8.89. The molecule has 0 radical (unpaired) electrons. The SMILES string of the molecule is COCCN1CC2=C(c3ccc(Cl)cc3)N(Cc3cccc(OC)c3)CCC2=N1. The van der Waals surface area contributed by atoms with E-state index >= 15 is 0 Å². The molecule has 5 nitrogen and oxygen atoms in total. The number of halogens is 1. The van der Waals surface area contributed by atoms with Crippen LogP contribution in [0.25, 0.3) is 5.70 Å². The molecule has 0 saturated carbocycles. The molecule has 0 aromatic heterocycles. The van der Waals surface area contributed by atoms with Crippen LogP contribution in [-0.4, -0.2) is 56.1 Å². The number of rotatable bonds is 7. The first-order chi connectivity index (χ1) is 14.2. The molecule has 0 aliphatic carbocycles. The second-order valence-electron chi connectivity index (χ2n) is 7.28. The summed E-state index contributed by atoms with van der Waals surface area (Å²) in [5.74, 6) is 0.883. The van der Waals surface area contributed by atoms with E-state index in [0.29, 0.717) is 6.61 Å². The average Bonchev–Trinajstić information content (AvgIpc) is 3.16. The Hall–Kier alpha value is -2.50. The van der Waals surface area contributed by atoms with Gasteiger partial charge in [0, 0.05) is 37.2 Å². The molecular weight excluding hydrogens is 386 g/mol. The maximum Gasteiger partial charge on any atom is 0.119 e. The molecule has 0 fully saturated rings. The van der Waals surface area contributed by atoms with Gasteiger partial charge in [0.2, 0.25) is 0 Å². The number of fused-ring (bicyclic) bond motifs is 1. The van der Waals surface area contributed by atoms with E-state index in [9.17, 15) is 0 Å². The monoisotopic (exact) mass is 411 g/mol. The van der Waals surface area contributed by atoms with Crippen LogP contribution in [0, 0.1) is 0 Å². The molecule has 2 heterocycles. The summed E-state index contributed by atoms with van der Waals surface area (Å²) in [5, 5.41) is 7.71. The molecular formula is C23H26ClN3O2. The smallest absolute Gasteiger partial charge is 0.119 e. The number of benzene rings is 2. The predicted molar refractivity (Wildman–Crippen MR) is 117 cm³/mol. The molecule has 0 atom stereocenters. The lowest BCUT2D eigenvalue weighted by Gasteiger charge is -2.33. The Kier molecular flexibility index (Phi) is 6.07. The second-order valence-corrected chi connectivity index (χ2v) is 7.72. The fourth-order valence-electron chi connectivity index (χ4n) is 3.94. The molecule has 0 spiro atoms. The highest BCUT2D eigenvalue weighted by molar-refractivity contribution is 6.30. The van der Waals surface area contributed by atoms with Crippen molar-refractivity contribution in [1.29, 1.82) is 0 Å². The van der Waals surface area contributed by atoms with Crippen LogP contribution in [0.3, 0.4) is 0 Å². The highest BCUT2D eigenvalue weighted by Crippen LogP contribution is 2.34. The van der Waals surface area contributed by atoms with Gasteiger partial charge in [-0.1, -0.05) is 35.9 Å². The molecule has 29 heavy (non-hydrogen) atoms. The van der Waals surface area contributed by atoms with Gasteiger partial charge in [-0.15, -0.1) is 0 Å². The number of methoxy groups -OCH3 is 2. The van der Waals surface area contributed by atoms with Crippen LogP contribution in [-0.2, 0) is 11.3 Å². The molecule has 2 aromatic carbocycles. The van der Waals surface area contributed by atoms with Crippen LogP contribution in [0.5, 0.6) is 5.75 Å². The number of hydrogen-bond acceptors (Lipinski definition) is 5. The summed E-state index contributed by atoms with van der Waals surface area (Å²) in [4.78, 5) is 2.45. The van der Waals surface area contributed by atoms with E-state index in [-0.39, 0.29) is 0 Å². The van der Waals surface area contributed by atoms with Crippen LogP contribution in [0.1, 0.15) is 17.5 Å². The summed E-state index contributed by atoms with van der Waals surface area (Å²) in [7, 11) is 3.43. The third-order valence-electron chi connectivity index (χ3n) is 5.35. The lowest BCUT2D eigenvalue weighted by Crippen LogP contribution is -2.32. The van der Waals surface area contributed by atoms with E-state index < -0.39 is 0 Å². The van der Waals surface area contributed by atoms with Crippen molar-refractivity contribution in [3.05, 3.63) is 70.3 Å². The van der Waals surface area contributed by atoms with Gasteiger partial charge in [-0.2, -0.15) is 5.10 Å². The largest absolute Gasteiger partial charge is 0.497 e. The van der Waals surface area contributed by atoms with Crippen molar-refractivity contribution in [3.63, 3.8) is 0 Å². The summed E-state index contributed by atoms with van der Waals surface area (Å²) >= 11 is 6.15. The van der Waals surface area contributed by atoms with Crippen LogP contribution in [0.15, 0.2) is 59.2 Å². The van der Waals surface area contributed by atoms with Gasteiger partial charge in [0.25, 0.3) is 0 Å². The minimum atomic E-state index is 0.674. The Morgan fingerprint density at radius 2 is 1.93 bits per heavy atom. The van der Waals surface area contributed by atoms with E-state index in [4.69, 9.17) is 26.2 Å². The van der Waals surface area contributed by atoms with Crippen LogP contribution < -0.4 is 4.74 Å². The Bertz CT molecular complexity index is 924. The number of hydrogen-bond donors (Lipinski definition) is 0. The first-order valence-electron chi connectivity index (χ1n) is 9.86. The Labute approximate surface area is 177 Å². The Balaban J connectivity index is 1.68. The molecule has 2 aliphatic heterocycles. The molecule has 0 unspecified atom stereocenters. The maximum absolute atomic E-state index is 6.15. The molecule has 152 valence electrons. The third kappa shape index (κ3) is 4.41. The van der Waals surface area contributed by atoms with Crippen LogP contribution in [0.4, 0.5) is 0 Å². The van der Waals surface area contributed by atoms with E-state index in [1.165, 1.54) is 28.1 Å². The van der Waals surface area contributed by atoms with Gasteiger partial charge in [-0.3, -0.25) is 5.01 Å². The zero-order chi connectivity index (χ0) is 20.2. The zero-order valence-corrected chi connectivity index (χ0v) is 17.7. The summed E-state index contributed by atoms with van der Waals surface area (Å²) in [6.45, 7) is 4.03. The first kappa shape index (κ1) is 19.8. The van der Waals surface area contributed by atoms with E-state index in [2.05, 4.69) is 34.2 Å². The number of ether oxygens (including phenoxy) is 2. The van der Waals surface area contributed by atoms with Crippen molar-refractivity contribution >= 4 is 23.0 Å². The summed E-state index contributed by atoms with van der Waals surface area (Å²) < 4.78 is 10.6. The molecule has 2 aliphatic rings. The summed E-state index contributed by atoms with van der Waals surface area (Å²) in [5.41, 5.74) is 6.14. The fraction of sp³-hybridized carbons (Fsp3) is 0.348. The molecule has 2 aromatic rings. The number of nitrogens with zero attached hydrogens (tertiary/aromatic N) is 3. The zero-order valence-electron chi connectivity index (χ0n) is 16.9. The molecule has 0 N–H and O–H groups in total. The fourth-order valence-corrected chi connectivity index (χ4v) is 4.06. The lowest BCUT2D eigenvalue weighted by atomic mass is 9.95. The topological polar surface area (TPSA) is 37.3 Å². The van der Waals surface area contributed by atoms with Gasteiger partial charge in [-0.05, 0) is 35.4 Å². The van der Waals surface area contributed by atoms with Gasteiger partial charge < -0.3 is 14.4 Å². The van der Waals surface area contributed by atoms with Crippen molar-refractivity contribution in [2.45, 2.75) is 13.0 Å². The average molecular weight is 412 g/mol. The van der Waals surface area contributed by atoms with Crippen molar-refractivity contribution in [3.8, 4) is 5.75 Å². The van der Waals surface area contributed by atoms with E-state index in [0.717, 1.165) is 43.4 Å². The normalized spacial score (nSPS) is 16.2. The summed E-state index contributed by atoms with van der Waals surface area (Å²) in [6, 6.07) is 16.4. The predicted octanol–water partition coefficient (Wildman–Crippen LogP) is 4.28. The van der Waals surface area contributed by atoms with Gasteiger partial charge in [0.15, 0.2) is 0 Å².